The maximum Gasteiger partial charge on any atom is 0.227 e. The molecule has 0 spiro atoms. The van der Waals surface area contributed by atoms with Crippen LogP contribution in [0.4, 0.5) is 0 Å². The molecule has 0 aromatic rings. The summed E-state index contributed by atoms with van der Waals surface area (Å²) in [6.07, 6.45) is 0. The van der Waals surface area contributed by atoms with Gasteiger partial charge in [-0.25, -0.2) is 0 Å². The number of hydrogen-bond acceptors (Lipinski definition) is 3. The quantitative estimate of drug-likeness (QED) is 0.717. The van der Waals surface area contributed by atoms with Crippen molar-refractivity contribution in [3.05, 3.63) is 0 Å². The van der Waals surface area contributed by atoms with Gasteiger partial charge in [0, 0.05) is 18.7 Å². The third kappa shape index (κ3) is 3.80. The van der Waals surface area contributed by atoms with E-state index in [1.54, 1.807) is 7.11 Å². The first kappa shape index (κ1) is 14.4. The van der Waals surface area contributed by atoms with Crippen molar-refractivity contribution in [2.24, 2.45) is 11.1 Å². The number of methoxy groups -OCH3 is 1. The van der Waals surface area contributed by atoms with Gasteiger partial charge in [0.15, 0.2) is 0 Å². The molecule has 0 bridgehead atoms. The molecule has 0 heterocycles. The molecule has 0 aliphatic heterocycles. The predicted octanol–water partition coefficient (Wildman–Crippen LogP) is 0.901. The van der Waals surface area contributed by atoms with E-state index < -0.39 is 11.0 Å². The van der Waals surface area contributed by atoms with Crippen LogP contribution in [0.1, 0.15) is 34.6 Å². The summed E-state index contributed by atoms with van der Waals surface area (Å²) in [5.41, 5.74) is 4.82. The lowest BCUT2D eigenvalue weighted by Gasteiger charge is -2.37. The largest absolute Gasteiger partial charge is 0.383 e. The van der Waals surface area contributed by atoms with E-state index in [4.69, 9.17) is 10.5 Å². The molecule has 3 N–H and O–H groups in total. The van der Waals surface area contributed by atoms with Gasteiger partial charge in [-0.2, -0.15) is 0 Å². The highest BCUT2D eigenvalue weighted by atomic mass is 16.5. The molecule has 4 heteroatoms. The summed E-state index contributed by atoms with van der Waals surface area (Å²) in [7, 11) is 1.61. The van der Waals surface area contributed by atoms with E-state index >= 15 is 0 Å². The Bertz CT molecular complexity index is 219. The number of rotatable bonds is 5. The second-order valence-corrected chi connectivity index (χ2v) is 5.18. The number of amides is 1. The highest BCUT2D eigenvalue weighted by Crippen LogP contribution is 2.28. The van der Waals surface area contributed by atoms with Gasteiger partial charge in [-0.05, 0) is 34.6 Å². The van der Waals surface area contributed by atoms with Gasteiger partial charge in [0.25, 0.3) is 0 Å². The van der Waals surface area contributed by atoms with Gasteiger partial charge in [-0.3, -0.25) is 4.79 Å². The maximum atomic E-state index is 12.0. The molecular weight excluding hydrogens is 192 g/mol. The fraction of sp³-hybridized carbons (Fsp3) is 0.909. The molecule has 0 radical (unpaired) electrons. The minimum absolute atomic E-state index is 0.00382. The summed E-state index contributed by atoms with van der Waals surface area (Å²) in [6, 6.07) is 0.00382. The molecule has 0 aliphatic rings. The normalized spacial score (nSPS) is 14.9. The number of carbonyl (C=O) groups is 1. The first-order valence-electron chi connectivity index (χ1n) is 5.21. The van der Waals surface area contributed by atoms with Gasteiger partial charge in [0.2, 0.25) is 5.91 Å². The van der Waals surface area contributed by atoms with Crippen LogP contribution in [-0.4, -0.2) is 31.2 Å². The summed E-state index contributed by atoms with van der Waals surface area (Å²) < 4.78 is 4.96. The molecule has 15 heavy (non-hydrogen) atoms. The first-order chi connectivity index (χ1) is 6.63. The Kier molecular flexibility index (Phi) is 4.74. The van der Waals surface area contributed by atoms with Crippen molar-refractivity contribution in [1.82, 2.24) is 5.32 Å². The molecule has 0 saturated carbocycles. The van der Waals surface area contributed by atoms with E-state index in [9.17, 15) is 4.79 Å². The molecule has 0 fully saturated rings. The van der Waals surface area contributed by atoms with Gasteiger partial charge in [0.05, 0.1) is 12.0 Å². The Hall–Kier alpha value is -0.610. The minimum atomic E-state index is -0.602. The first-order valence-corrected chi connectivity index (χ1v) is 5.21. The zero-order valence-corrected chi connectivity index (χ0v) is 10.7. The summed E-state index contributed by atoms with van der Waals surface area (Å²) in [5, 5.41) is 2.88. The van der Waals surface area contributed by atoms with Crippen molar-refractivity contribution in [2.45, 2.75) is 46.2 Å². The fourth-order valence-corrected chi connectivity index (χ4v) is 0.988. The summed E-state index contributed by atoms with van der Waals surface area (Å²) >= 11 is 0. The van der Waals surface area contributed by atoms with Crippen molar-refractivity contribution in [3.63, 3.8) is 0 Å². The van der Waals surface area contributed by atoms with Crippen LogP contribution >= 0.6 is 0 Å². The van der Waals surface area contributed by atoms with Crippen molar-refractivity contribution in [2.75, 3.05) is 13.7 Å². The minimum Gasteiger partial charge on any atom is -0.383 e. The number of nitrogens with one attached hydrogen (secondary N) is 1. The lowest BCUT2D eigenvalue weighted by atomic mass is 9.74. The Labute approximate surface area is 92.6 Å². The number of hydrogen-bond donors (Lipinski definition) is 2. The van der Waals surface area contributed by atoms with E-state index in [-0.39, 0.29) is 11.9 Å². The smallest absolute Gasteiger partial charge is 0.227 e. The molecule has 1 unspecified atom stereocenters. The lowest BCUT2D eigenvalue weighted by molar-refractivity contribution is -0.133. The van der Waals surface area contributed by atoms with Gasteiger partial charge in [-0.15, -0.1) is 0 Å². The van der Waals surface area contributed by atoms with Crippen molar-refractivity contribution in [3.8, 4) is 0 Å². The zero-order chi connectivity index (χ0) is 12.3. The van der Waals surface area contributed by atoms with Crippen LogP contribution in [0.15, 0.2) is 0 Å². The molecule has 0 aromatic carbocycles. The molecule has 0 aromatic heterocycles. The second kappa shape index (κ2) is 4.94. The fourth-order valence-electron chi connectivity index (χ4n) is 0.988. The summed E-state index contributed by atoms with van der Waals surface area (Å²) in [4.78, 5) is 12.0. The van der Waals surface area contributed by atoms with E-state index in [0.29, 0.717) is 6.61 Å². The van der Waals surface area contributed by atoms with Crippen molar-refractivity contribution in [1.29, 1.82) is 0 Å². The SMILES string of the molecule is COCC(C)NC(=O)C(C)(C)C(C)(C)N. The Morgan fingerprint density at radius 3 is 2.20 bits per heavy atom. The highest BCUT2D eigenvalue weighted by molar-refractivity contribution is 5.83. The molecular formula is C11H24N2O2. The van der Waals surface area contributed by atoms with Crippen LogP contribution < -0.4 is 11.1 Å². The molecule has 1 atom stereocenters. The molecule has 0 rings (SSSR count). The molecule has 1 amide bonds. The molecule has 4 nitrogen and oxygen atoms in total. The van der Waals surface area contributed by atoms with E-state index in [2.05, 4.69) is 5.32 Å². The van der Waals surface area contributed by atoms with Crippen LogP contribution in [0.25, 0.3) is 0 Å². The van der Waals surface area contributed by atoms with Crippen LogP contribution in [0.3, 0.4) is 0 Å². The third-order valence-corrected chi connectivity index (χ3v) is 2.97. The third-order valence-electron chi connectivity index (χ3n) is 2.97. The Balaban J connectivity index is 4.45. The predicted molar refractivity (Wildman–Crippen MR) is 61.5 cm³/mol. The standard InChI is InChI=1S/C11H24N2O2/c1-8(7-15-6)13-9(14)10(2,3)11(4,5)12/h8H,7,12H2,1-6H3,(H,13,14). The molecule has 0 saturated heterocycles. The van der Waals surface area contributed by atoms with Gasteiger partial charge < -0.3 is 15.8 Å². The van der Waals surface area contributed by atoms with Crippen LogP contribution in [0.2, 0.25) is 0 Å². The van der Waals surface area contributed by atoms with E-state index in [1.165, 1.54) is 0 Å². The van der Waals surface area contributed by atoms with Crippen molar-refractivity contribution < 1.29 is 9.53 Å². The monoisotopic (exact) mass is 216 g/mol. The van der Waals surface area contributed by atoms with E-state index in [1.807, 2.05) is 34.6 Å². The second-order valence-electron chi connectivity index (χ2n) is 5.18. The number of carbonyl (C=O) groups excluding carboxylic acids is 1. The van der Waals surface area contributed by atoms with E-state index in [0.717, 1.165) is 0 Å². The van der Waals surface area contributed by atoms with Crippen LogP contribution in [0.5, 0.6) is 0 Å². The Morgan fingerprint density at radius 2 is 1.87 bits per heavy atom. The average molecular weight is 216 g/mol. The van der Waals surface area contributed by atoms with Gasteiger partial charge in [-0.1, -0.05) is 0 Å². The topological polar surface area (TPSA) is 64.3 Å². The number of ether oxygens (including phenoxy) is 1. The van der Waals surface area contributed by atoms with Crippen LogP contribution in [-0.2, 0) is 9.53 Å². The zero-order valence-electron chi connectivity index (χ0n) is 10.7. The van der Waals surface area contributed by atoms with Crippen LogP contribution in [0, 0.1) is 5.41 Å². The van der Waals surface area contributed by atoms with Gasteiger partial charge >= 0.3 is 0 Å². The van der Waals surface area contributed by atoms with Crippen molar-refractivity contribution >= 4 is 5.91 Å². The maximum absolute atomic E-state index is 12.0. The summed E-state index contributed by atoms with van der Waals surface area (Å²) in [6.45, 7) is 9.82. The van der Waals surface area contributed by atoms with Gasteiger partial charge in [0.1, 0.15) is 0 Å². The summed E-state index contributed by atoms with van der Waals surface area (Å²) in [5.74, 6) is -0.0421. The lowest BCUT2D eigenvalue weighted by Crippen LogP contribution is -2.57. The number of nitrogens with two attached hydrogens (primary N) is 1. The average Bonchev–Trinajstić information content (AvgIpc) is 2.02. The highest BCUT2D eigenvalue weighted by Gasteiger charge is 2.40. The molecule has 0 aliphatic carbocycles. The molecule has 90 valence electrons. The Morgan fingerprint density at radius 1 is 1.40 bits per heavy atom.